The van der Waals surface area contributed by atoms with Crippen LogP contribution in [0.25, 0.3) is 0 Å². The molecule has 0 aliphatic carbocycles. The molecule has 2 aromatic rings. The SMILES string of the molecule is O=C(CC[C@@H]1CCCN(C(=O)Nc2ccc(Cl)cc2)C1)NCc1ccccc1. The van der Waals surface area contributed by atoms with Gasteiger partial charge in [0.05, 0.1) is 0 Å². The number of nitrogens with zero attached hydrogens (tertiary/aromatic N) is 1. The van der Waals surface area contributed by atoms with Crippen molar-refractivity contribution in [2.75, 3.05) is 18.4 Å². The minimum Gasteiger partial charge on any atom is -0.352 e. The van der Waals surface area contributed by atoms with Crippen LogP contribution in [0.2, 0.25) is 5.02 Å². The van der Waals surface area contributed by atoms with Gasteiger partial charge in [-0.05, 0) is 55.0 Å². The maximum absolute atomic E-state index is 12.5. The number of carbonyl (C=O) groups excluding carboxylic acids is 2. The Morgan fingerprint density at radius 1 is 1.07 bits per heavy atom. The Kier molecular flexibility index (Phi) is 7.31. The largest absolute Gasteiger partial charge is 0.352 e. The number of nitrogens with one attached hydrogen (secondary N) is 2. The average Bonchev–Trinajstić information content (AvgIpc) is 2.73. The summed E-state index contributed by atoms with van der Waals surface area (Å²) in [6.07, 6.45) is 3.30. The van der Waals surface area contributed by atoms with E-state index < -0.39 is 0 Å². The molecule has 1 saturated heterocycles. The second-order valence-electron chi connectivity index (χ2n) is 7.19. The third kappa shape index (κ3) is 6.27. The summed E-state index contributed by atoms with van der Waals surface area (Å²) >= 11 is 5.88. The zero-order chi connectivity index (χ0) is 19.8. The minimum atomic E-state index is -0.0967. The lowest BCUT2D eigenvalue weighted by Gasteiger charge is -2.32. The molecule has 1 aliphatic rings. The lowest BCUT2D eigenvalue weighted by atomic mass is 9.93. The standard InChI is InChI=1S/C22H26ClN3O2/c23-19-9-11-20(12-10-19)25-22(28)26-14-4-7-18(16-26)8-13-21(27)24-15-17-5-2-1-3-6-17/h1-3,5-6,9-12,18H,4,7-8,13-16H2,(H,24,27)(H,25,28)/t18-/m0/s1. The van der Waals surface area contributed by atoms with Crippen LogP contribution >= 0.6 is 11.6 Å². The first-order chi connectivity index (χ1) is 13.6. The highest BCUT2D eigenvalue weighted by molar-refractivity contribution is 6.30. The van der Waals surface area contributed by atoms with Crippen molar-refractivity contribution in [2.45, 2.75) is 32.2 Å². The van der Waals surface area contributed by atoms with E-state index in [1.54, 1.807) is 24.3 Å². The van der Waals surface area contributed by atoms with Gasteiger partial charge in [0, 0.05) is 36.8 Å². The third-order valence-corrected chi connectivity index (χ3v) is 5.27. The van der Waals surface area contributed by atoms with Crippen molar-refractivity contribution in [3.63, 3.8) is 0 Å². The van der Waals surface area contributed by atoms with E-state index in [1.165, 1.54) is 0 Å². The Hall–Kier alpha value is -2.53. The summed E-state index contributed by atoms with van der Waals surface area (Å²) in [4.78, 5) is 26.5. The van der Waals surface area contributed by atoms with Crippen LogP contribution in [0.4, 0.5) is 10.5 Å². The average molecular weight is 400 g/mol. The van der Waals surface area contributed by atoms with E-state index in [-0.39, 0.29) is 11.9 Å². The van der Waals surface area contributed by atoms with Crippen LogP contribution in [0.3, 0.4) is 0 Å². The maximum atomic E-state index is 12.5. The highest BCUT2D eigenvalue weighted by Crippen LogP contribution is 2.22. The van der Waals surface area contributed by atoms with Crippen LogP contribution < -0.4 is 10.6 Å². The maximum Gasteiger partial charge on any atom is 0.321 e. The van der Waals surface area contributed by atoms with Crippen molar-refractivity contribution in [2.24, 2.45) is 5.92 Å². The smallest absolute Gasteiger partial charge is 0.321 e. The Morgan fingerprint density at radius 3 is 2.57 bits per heavy atom. The van der Waals surface area contributed by atoms with Crippen LogP contribution in [-0.2, 0) is 11.3 Å². The Balaban J connectivity index is 1.41. The molecule has 2 aromatic carbocycles. The van der Waals surface area contributed by atoms with E-state index in [4.69, 9.17) is 11.6 Å². The molecule has 3 rings (SSSR count). The van der Waals surface area contributed by atoms with Crippen molar-refractivity contribution in [3.05, 3.63) is 65.2 Å². The molecule has 0 radical (unpaired) electrons. The number of piperidine rings is 1. The normalized spacial score (nSPS) is 16.5. The van der Waals surface area contributed by atoms with Crippen molar-refractivity contribution in [1.82, 2.24) is 10.2 Å². The van der Waals surface area contributed by atoms with Crippen LogP contribution in [0.5, 0.6) is 0 Å². The molecule has 2 N–H and O–H groups in total. The number of anilines is 1. The predicted molar refractivity (Wildman–Crippen MR) is 112 cm³/mol. The van der Waals surface area contributed by atoms with E-state index in [0.29, 0.717) is 30.5 Å². The highest BCUT2D eigenvalue weighted by atomic mass is 35.5. The van der Waals surface area contributed by atoms with Gasteiger partial charge in [-0.3, -0.25) is 4.79 Å². The van der Waals surface area contributed by atoms with Gasteiger partial charge in [-0.1, -0.05) is 41.9 Å². The Bertz CT molecular complexity index is 780. The van der Waals surface area contributed by atoms with E-state index in [0.717, 1.165) is 37.1 Å². The number of carbonyl (C=O) groups is 2. The summed E-state index contributed by atoms with van der Waals surface area (Å²) in [6, 6.07) is 16.9. The Labute approximate surface area is 171 Å². The summed E-state index contributed by atoms with van der Waals surface area (Å²) in [6.45, 7) is 1.99. The van der Waals surface area contributed by atoms with Gasteiger partial charge < -0.3 is 15.5 Å². The van der Waals surface area contributed by atoms with Gasteiger partial charge in [-0.25, -0.2) is 4.79 Å². The van der Waals surface area contributed by atoms with E-state index >= 15 is 0 Å². The van der Waals surface area contributed by atoms with E-state index in [9.17, 15) is 9.59 Å². The molecule has 0 bridgehead atoms. The molecule has 148 valence electrons. The number of benzene rings is 2. The topological polar surface area (TPSA) is 61.4 Å². The highest BCUT2D eigenvalue weighted by Gasteiger charge is 2.24. The van der Waals surface area contributed by atoms with Gasteiger partial charge in [0.15, 0.2) is 0 Å². The summed E-state index contributed by atoms with van der Waals surface area (Å²) in [5.41, 5.74) is 1.83. The molecule has 1 aliphatic heterocycles. The van der Waals surface area contributed by atoms with E-state index in [2.05, 4.69) is 10.6 Å². The van der Waals surface area contributed by atoms with Crippen molar-refractivity contribution >= 4 is 29.2 Å². The molecule has 28 heavy (non-hydrogen) atoms. The molecule has 1 fully saturated rings. The zero-order valence-corrected chi connectivity index (χ0v) is 16.6. The zero-order valence-electron chi connectivity index (χ0n) is 15.9. The van der Waals surface area contributed by atoms with Crippen LogP contribution in [-0.4, -0.2) is 29.9 Å². The molecule has 0 unspecified atom stereocenters. The van der Waals surface area contributed by atoms with Crippen molar-refractivity contribution in [3.8, 4) is 0 Å². The predicted octanol–water partition coefficient (Wildman–Crippen LogP) is 4.68. The lowest BCUT2D eigenvalue weighted by Crippen LogP contribution is -2.42. The molecular weight excluding hydrogens is 374 g/mol. The van der Waals surface area contributed by atoms with Gasteiger partial charge in [0.25, 0.3) is 0 Å². The fourth-order valence-electron chi connectivity index (χ4n) is 3.44. The summed E-state index contributed by atoms with van der Waals surface area (Å²) in [5, 5.41) is 6.52. The van der Waals surface area contributed by atoms with Gasteiger partial charge in [-0.2, -0.15) is 0 Å². The number of amides is 3. The monoisotopic (exact) mass is 399 g/mol. The van der Waals surface area contributed by atoms with Crippen molar-refractivity contribution < 1.29 is 9.59 Å². The molecule has 0 saturated carbocycles. The summed E-state index contributed by atoms with van der Waals surface area (Å²) < 4.78 is 0. The molecule has 5 nitrogen and oxygen atoms in total. The van der Waals surface area contributed by atoms with Gasteiger partial charge in [-0.15, -0.1) is 0 Å². The molecule has 0 spiro atoms. The van der Waals surface area contributed by atoms with Crippen LogP contribution in [0, 0.1) is 5.92 Å². The second kappa shape index (κ2) is 10.1. The molecule has 1 atom stereocenters. The summed E-state index contributed by atoms with van der Waals surface area (Å²) in [5.74, 6) is 0.416. The second-order valence-corrected chi connectivity index (χ2v) is 7.63. The molecule has 6 heteroatoms. The number of urea groups is 1. The number of hydrogen-bond acceptors (Lipinski definition) is 2. The lowest BCUT2D eigenvalue weighted by molar-refractivity contribution is -0.121. The fourth-order valence-corrected chi connectivity index (χ4v) is 3.57. The first-order valence-corrected chi connectivity index (χ1v) is 10.1. The van der Waals surface area contributed by atoms with E-state index in [1.807, 2.05) is 35.2 Å². The first-order valence-electron chi connectivity index (χ1n) is 9.72. The van der Waals surface area contributed by atoms with Crippen LogP contribution in [0.15, 0.2) is 54.6 Å². The number of likely N-dealkylation sites (tertiary alicyclic amines) is 1. The fraction of sp³-hybridized carbons (Fsp3) is 0.364. The van der Waals surface area contributed by atoms with Crippen molar-refractivity contribution in [1.29, 1.82) is 0 Å². The number of halogens is 1. The summed E-state index contributed by atoms with van der Waals surface area (Å²) in [7, 11) is 0. The van der Waals surface area contributed by atoms with Gasteiger partial charge >= 0.3 is 6.03 Å². The molecular formula is C22H26ClN3O2. The molecule has 1 heterocycles. The number of hydrogen-bond donors (Lipinski definition) is 2. The quantitative estimate of drug-likeness (QED) is 0.740. The Morgan fingerprint density at radius 2 is 1.82 bits per heavy atom. The molecule has 0 aromatic heterocycles. The third-order valence-electron chi connectivity index (χ3n) is 5.01. The minimum absolute atomic E-state index is 0.0617. The van der Waals surface area contributed by atoms with Gasteiger partial charge in [0.2, 0.25) is 5.91 Å². The van der Waals surface area contributed by atoms with Gasteiger partial charge in [0.1, 0.15) is 0 Å². The van der Waals surface area contributed by atoms with Crippen LogP contribution in [0.1, 0.15) is 31.2 Å². The molecule has 3 amide bonds. The first kappa shape index (κ1) is 20.2. The number of rotatable bonds is 6.